The minimum absolute atomic E-state index is 0.242. The molecule has 0 saturated carbocycles. The third-order valence-electron chi connectivity index (χ3n) is 5.55. The van der Waals surface area contributed by atoms with Crippen LogP contribution in [-0.2, 0) is 0 Å². The van der Waals surface area contributed by atoms with Gasteiger partial charge in [-0.2, -0.15) is 0 Å². The minimum Gasteiger partial charge on any atom is -0.317 e. The number of rotatable bonds is 4. The normalized spacial score (nSPS) is 15.5. The average Bonchev–Trinajstić information content (AvgIpc) is 2.96. The molecule has 1 fully saturated rings. The molecule has 3 aromatic rings. The van der Waals surface area contributed by atoms with Crippen molar-refractivity contribution in [3.63, 3.8) is 0 Å². The molecule has 3 heteroatoms. The summed E-state index contributed by atoms with van der Waals surface area (Å²) in [7, 11) is 0. The summed E-state index contributed by atoms with van der Waals surface area (Å²) in [4.78, 5) is 15.2. The molecule has 1 aliphatic rings. The van der Waals surface area contributed by atoms with E-state index in [-0.39, 0.29) is 5.78 Å². The van der Waals surface area contributed by atoms with E-state index in [4.69, 9.17) is 0 Å². The fourth-order valence-electron chi connectivity index (χ4n) is 4.22. The van der Waals surface area contributed by atoms with Gasteiger partial charge in [0, 0.05) is 22.3 Å². The fraction of sp³-hybridized carbons (Fsp3) is 0.348. The molecule has 2 heterocycles. The number of hydrogen-bond acceptors (Lipinski definition) is 2. The van der Waals surface area contributed by atoms with Gasteiger partial charge < -0.3 is 4.57 Å². The van der Waals surface area contributed by atoms with Crippen molar-refractivity contribution < 1.29 is 4.79 Å². The Bertz CT molecular complexity index is 943. The first-order valence-corrected chi connectivity index (χ1v) is 9.58. The standard InChI is InChI=1S/C23H26N2O/c1-17-15-21(23(26)16-24-13-6-3-7-14-24)18(2)25(17)22-12-8-10-19-9-4-5-11-20(19)22/h4-5,8-12,15H,3,6-7,13-14,16H2,1-2H3. The van der Waals surface area contributed by atoms with Crippen LogP contribution in [0.3, 0.4) is 0 Å². The van der Waals surface area contributed by atoms with Crippen LogP contribution in [0.4, 0.5) is 0 Å². The molecule has 3 nitrogen and oxygen atoms in total. The SMILES string of the molecule is Cc1cc(C(=O)CN2CCCCC2)c(C)n1-c1cccc2ccccc12. The lowest BCUT2D eigenvalue weighted by Crippen LogP contribution is -2.34. The quantitative estimate of drug-likeness (QED) is 0.627. The molecule has 0 amide bonds. The van der Waals surface area contributed by atoms with Crippen LogP contribution in [-0.4, -0.2) is 34.9 Å². The number of likely N-dealkylation sites (tertiary alicyclic amines) is 1. The van der Waals surface area contributed by atoms with Gasteiger partial charge in [0.15, 0.2) is 5.78 Å². The molecule has 0 unspecified atom stereocenters. The number of piperidine rings is 1. The van der Waals surface area contributed by atoms with Gasteiger partial charge in [0.1, 0.15) is 0 Å². The van der Waals surface area contributed by atoms with Crippen LogP contribution < -0.4 is 0 Å². The molecule has 0 bridgehead atoms. The monoisotopic (exact) mass is 346 g/mol. The number of nitrogens with zero attached hydrogens (tertiary/aromatic N) is 2. The largest absolute Gasteiger partial charge is 0.317 e. The van der Waals surface area contributed by atoms with E-state index in [0.29, 0.717) is 6.54 Å². The van der Waals surface area contributed by atoms with Crippen molar-refractivity contribution in [2.75, 3.05) is 19.6 Å². The lowest BCUT2D eigenvalue weighted by Gasteiger charge is -2.25. The van der Waals surface area contributed by atoms with Gasteiger partial charge in [-0.05, 0) is 57.3 Å². The molecule has 1 saturated heterocycles. The first kappa shape index (κ1) is 17.0. The van der Waals surface area contributed by atoms with Crippen molar-refractivity contribution in [2.24, 2.45) is 0 Å². The summed E-state index contributed by atoms with van der Waals surface area (Å²) in [5, 5.41) is 2.44. The maximum Gasteiger partial charge on any atom is 0.178 e. The summed E-state index contributed by atoms with van der Waals surface area (Å²) < 4.78 is 2.23. The van der Waals surface area contributed by atoms with Gasteiger partial charge in [-0.25, -0.2) is 0 Å². The van der Waals surface area contributed by atoms with Gasteiger partial charge >= 0.3 is 0 Å². The average molecular weight is 346 g/mol. The Morgan fingerprint density at radius 3 is 2.50 bits per heavy atom. The van der Waals surface area contributed by atoms with Crippen LogP contribution >= 0.6 is 0 Å². The lowest BCUT2D eigenvalue weighted by atomic mass is 10.1. The summed E-state index contributed by atoms with van der Waals surface area (Å²) in [5.74, 6) is 0.242. The summed E-state index contributed by atoms with van der Waals surface area (Å²) in [6.45, 7) is 6.80. The first-order valence-electron chi connectivity index (χ1n) is 9.58. The molecular formula is C23H26N2O. The number of benzene rings is 2. The Labute approximate surface area is 155 Å². The second-order valence-corrected chi connectivity index (χ2v) is 7.38. The van der Waals surface area contributed by atoms with Gasteiger partial charge in [-0.1, -0.05) is 42.8 Å². The number of aromatic nitrogens is 1. The van der Waals surface area contributed by atoms with E-state index in [1.165, 1.54) is 30.0 Å². The molecule has 0 spiro atoms. The van der Waals surface area contributed by atoms with E-state index in [2.05, 4.69) is 71.8 Å². The van der Waals surface area contributed by atoms with Crippen molar-refractivity contribution in [3.05, 3.63) is 65.5 Å². The highest BCUT2D eigenvalue weighted by Gasteiger charge is 2.20. The molecule has 26 heavy (non-hydrogen) atoms. The molecule has 0 aliphatic carbocycles. The zero-order valence-electron chi connectivity index (χ0n) is 15.7. The number of aryl methyl sites for hydroxylation is 1. The number of ketones is 1. The van der Waals surface area contributed by atoms with E-state index < -0.39 is 0 Å². The van der Waals surface area contributed by atoms with Gasteiger partial charge in [0.2, 0.25) is 0 Å². The molecule has 0 atom stereocenters. The van der Waals surface area contributed by atoms with E-state index in [1.807, 2.05) is 0 Å². The number of Topliss-reactive ketones (excluding diaryl/α,β-unsaturated/α-hetero) is 1. The van der Waals surface area contributed by atoms with Gasteiger partial charge in [0.25, 0.3) is 0 Å². The van der Waals surface area contributed by atoms with Gasteiger partial charge in [-0.15, -0.1) is 0 Å². The first-order chi connectivity index (χ1) is 12.6. The summed E-state index contributed by atoms with van der Waals surface area (Å²) in [6.07, 6.45) is 3.71. The van der Waals surface area contributed by atoms with Crippen molar-refractivity contribution >= 4 is 16.6 Å². The van der Waals surface area contributed by atoms with Crippen LogP contribution in [0.1, 0.15) is 41.0 Å². The maximum atomic E-state index is 12.9. The van der Waals surface area contributed by atoms with Crippen molar-refractivity contribution in [1.82, 2.24) is 9.47 Å². The zero-order valence-corrected chi connectivity index (χ0v) is 15.7. The molecule has 1 aliphatic heterocycles. The van der Waals surface area contributed by atoms with Crippen LogP contribution in [0.25, 0.3) is 16.5 Å². The van der Waals surface area contributed by atoms with Crippen LogP contribution in [0, 0.1) is 13.8 Å². The molecular weight excluding hydrogens is 320 g/mol. The predicted octanol–water partition coefficient (Wildman–Crippen LogP) is 4.92. The highest BCUT2D eigenvalue weighted by atomic mass is 16.1. The number of hydrogen-bond donors (Lipinski definition) is 0. The molecule has 134 valence electrons. The van der Waals surface area contributed by atoms with E-state index >= 15 is 0 Å². The smallest absolute Gasteiger partial charge is 0.178 e. The Balaban J connectivity index is 1.71. The molecule has 0 N–H and O–H groups in total. The third-order valence-corrected chi connectivity index (χ3v) is 5.55. The summed E-state index contributed by atoms with van der Waals surface area (Å²) in [6, 6.07) is 16.8. The summed E-state index contributed by atoms with van der Waals surface area (Å²) >= 11 is 0. The van der Waals surface area contributed by atoms with Gasteiger partial charge in [-0.3, -0.25) is 9.69 Å². The van der Waals surface area contributed by atoms with Crippen molar-refractivity contribution in [2.45, 2.75) is 33.1 Å². The fourth-order valence-corrected chi connectivity index (χ4v) is 4.22. The molecule has 0 radical (unpaired) electrons. The second kappa shape index (κ2) is 7.08. The molecule has 4 rings (SSSR count). The Kier molecular flexibility index (Phi) is 4.64. The molecule has 1 aromatic heterocycles. The highest BCUT2D eigenvalue weighted by Crippen LogP contribution is 2.27. The van der Waals surface area contributed by atoms with E-state index in [1.54, 1.807) is 0 Å². The third kappa shape index (κ3) is 3.08. The number of fused-ring (bicyclic) bond motifs is 1. The number of carbonyl (C=O) groups is 1. The highest BCUT2D eigenvalue weighted by molar-refractivity contribution is 5.99. The number of carbonyl (C=O) groups excluding carboxylic acids is 1. The van der Waals surface area contributed by atoms with Gasteiger partial charge in [0.05, 0.1) is 12.2 Å². The van der Waals surface area contributed by atoms with Crippen molar-refractivity contribution in [1.29, 1.82) is 0 Å². The molecule has 2 aromatic carbocycles. The van der Waals surface area contributed by atoms with E-state index in [9.17, 15) is 4.79 Å². The minimum atomic E-state index is 0.242. The van der Waals surface area contributed by atoms with E-state index in [0.717, 1.165) is 35.7 Å². The second-order valence-electron chi connectivity index (χ2n) is 7.38. The van der Waals surface area contributed by atoms with Crippen LogP contribution in [0.2, 0.25) is 0 Å². The Morgan fingerprint density at radius 1 is 0.962 bits per heavy atom. The lowest BCUT2D eigenvalue weighted by molar-refractivity contribution is 0.0915. The Morgan fingerprint density at radius 2 is 1.69 bits per heavy atom. The predicted molar refractivity (Wildman–Crippen MR) is 107 cm³/mol. The topological polar surface area (TPSA) is 25.2 Å². The zero-order chi connectivity index (χ0) is 18.1. The summed E-state index contributed by atoms with van der Waals surface area (Å²) in [5.41, 5.74) is 4.16. The van der Waals surface area contributed by atoms with Crippen LogP contribution in [0.15, 0.2) is 48.5 Å². The maximum absolute atomic E-state index is 12.9. The van der Waals surface area contributed by atoms with Crippen molar-refractivity contribution in [3.8, 4) is 5.69 Å². The Hall–Kier alpha value is -2.39. The van der Waals surface area contributed by atoms with Crippen LogP contribution in [0.5, 0.6) is 0 Å².